The first-order chi connectivity index (χ1) is 10.2. The first-order valence-corrected chi connectivity index (χ1v) is 8.10. The van der Waals surface area contributed by atoms with Crippen LogP contribution in [0.1, 0.15) is 32.1 Å². The molecular weight excluding hydrogens is 287 g/mol. The Balaban J connectivity index is 1.65. The van der Waals surface area contributed by atoms with Crippen molar-refractivity contribution in [3.63, 3.8) is 0 Å². The molecule has 1 fully saturated rings. The number of nitrogens with one attached hydrogen (secondary N) is 1. The average Bonchev–Trinajstić information content (AvgIpc) is 3.11. The Morgan fingerprint density at radius 1 is 1.33 bits per heavy atom. The van der Waals surface area contributed by atoms with E-state index in [1.165, 1.54) is 30.2 Å². The number of rotatable bonds is 4. The number of halogens is 1. The summed E-state index contributed by atoms with van der Waals surface area (Å²) in [4.78, 5) is 16.3. The molecule has 1 aliphatic carbocycles. The lowest BCUT2D eigenvalue weighted by Crippen LogP contribution is -2.14. The fourth-order valence-corrected chi connectivity index (χ4v) is 3.50. The van der Waals surface area contributed by atoms with Gasteiger partial charge in [-0.1, -0.05) is 25.0 Å². The normalized spacial score (nSPS) is 15.3. The van der Waals surface area contributed by atoms with E-state index in [1.807, 2.05) is 0 Å². The Labute approximate surface area is 127 Å². The molecule has 1 N–H and O–H groups in total. The lowest BCUT2D eigenvalue weighted by Gasteiger charge is -2.07. The van der Waals surface area contributed by atoms with Crippen LogP contribution in [0.2, 0.25) is 0 Å². The minimum atomic E-state index is -0.299. The highest BCUT2D eigenvalue weighted by molar-refractivity contribution is 7.14. The van der Waals surface area contributed by atoms with Crippen molar-refractivity contribution in [2.75, 3.05) is 5.32 Å². The SMILES string of the molecule is O=C(CC1CCCC1)Nc1nc(-c2ccccc2F)cs1. The molecule has 1 aromatic carbocycles. The maximum atomic E-state index is 13.7. The van der Waals surface area contributed by atoms with Gasteiger partial charge in [0.25, 0.3) is 0 Å². The second-order valence-corrected chi connectivity index (χ2v) is 6.28. The highest BCUT2D eigenvalue weighted by Gasteiger charge is 2.19. The fourth-order valence-electron chi connectivity index (χ4n) is 2.77. The summed E-state index contributed by atoms with van der Waals surface area (Å²) in [7, 11) is 0. The Kier molecular flexibility index (Phi) is 4.29. The first kappa shape index (κ1) is 14.2. The maximum absolute atomic E-state index is 13.7. The number of carbonyl (C=O) groups excluding carboxylic acids is 1. The molecule has 1 aliphatic rings. The molecule has 1 amide bonds. The molecule has 2 aromatic rings. The highest BCUT2D eigenvalue weighted by Crippen LogP contribution is 2.29. The van der Waals surface area contributed by atoms with E-state index in [1.54, 1.807) is 23.6 Å². The molecule has 0 spiro atoms. The molecule has 3 nitrogen and oxygen atoms in total. The quantitative estimate of drug-likeness (QED) is 0.905. The number of hydrogen-bond acceptors (Lipinski definition) is 3. The van der Waals surface area contributed by atoms with Crippen molar-refractivity contribution < 1.29 is 9.18 Å². The van der Waals surface area contributed by atoms with Crippen LogP contribution in [0.5, 0.6) is 0 Å². The van der Waals surface area contributed by atoms with Gasteiger partial charge in [-0.3, -0.25) is 4.79 Å². The molecule has 1 saturated carbocycles. The third kappa shape index (κ3) is 3.47. The summed E-state index contributed by atoms with van der Waals surface area (Å²) in [5.41, 5.74) is 1.03. The third-order valence-electron chi connectivity index (χ3n) is 3.85. The van der Waals surface area contributed by atoms with Crippen molar-refractivity contribution in [3.05, 3.63) is 35.5 Å². The molecule has 21 heavy (non-hydrogen) atoms. The zero-order valence-electron chi connectivity index (χ0n) is 11.6. The van der Waals surface area contributed by atoms with Crippen molar-refractivity contribution in [1.82, 2.24) is 4.98 Å². The van der Waals surface area contributed by atoms with E-state index in [-0.39, 0.29) is 11.7 Å². The fraction of sp³-hybridized carbons (Fsp3) is 0.375. The second-order valence-electron chi connectivity index (χ2n) is 5.42. The van der Waals surface area contributed by atoms with E-state index in [9.17, 15) is 9.18 Å². The monoisotopic (exact) mass is 304 g/mol. The Morgan fingerprint density at radius 2 is 2.10 bits per heavy atom. The molecule has 1 aromatic heterocycles. The minimum Gasteiger partial charge on any atom is -0.302 e. The molecule has 0 saturated heterocycles. The summed E-state index contributed by atoms with van der Waals surface area (Å²) in [6.45, 7) is 0. The topological polar surface area (TPSA) is 42.0 Å². The summed E-state index contributed by atoms with van der Waals surface area (Å²) in [5, 5.41) is 5.13. The summed E-state index contributed by atoms with van der Waals surface area (Å²) in [6.07, 6.45) is 5.31. The Bertz CT molecular complexity index is 635. The van der Waals surface area contributed by atoms with Gasteiger partial charge in [-0.2, -0.15) is 0 Å². The predicted molar refractivity (Wildman–Crippen MR) is 82.7 cm³/mol. The van der Waals surface area contributed by atoms with Gasteiger partial charge in [0.1, 0.15) is 5.82 Å². The number of thiazole rings is 1. The first-order valence-electron chi connectivity index (χ1n) is 7.22. The third-order valence-corrected chi connectivity index (χ3v) is 4.61. The number of benzene rings is 1. The minimum absolute atomic E-state index is 0.0105. The molecule has 0 bridgehead atoms. The average molecular weight is 304 g/mol. The zero-order valence-corrected chi connectivity index (χ0v) is 12.5. The van der Waals surface area contributed by atoms with E-state index < -0.39 is 0 Å². The summed E-state index contributed by atoms with van der Waals surface area (Å²) in [6, 6.07) is 6.52. The van der Waals surface area contributed by atoms with Crippen LogP contribution in [0.15, 0.2) is 29.6 Å². The van der Waals surface area contributed by atoms with Gasteiger partial charge in [-0.25, -0.2) is 9.37 Å². The number of carbonyl (C=O) groups is 1. The van der Waals surface area contributed by atoms with Crippen LogP contribution in [-0.4, -0.2) is 10.9 Å². The van der Waals surface area contributed by atoms with E-state index in [0.717, 1.165) is 12.8 Å². The van der Waals surface area contributed by atoms with Crippen LogP contribution in [-0.2, 0) is 4.79 Å². The predicted octanol–water partition coefficient (Wildman–Crippen LogP) is 4.47. The van der Waals surface area contributed by atoms with E-state index in [2.05, 4.69) is 10.3 Å². The Morgan fingerprint density at radius 3 is 2.86 bits per heavy atom. The van der Waals surface area contributed by atoms with Crippen LogP contribution in [0.3, 0.4) is 0 Å². The van der Waals surface area contributed by atoms with Gasteiger partial charge in [0.2, 0.25) is 5.91 Å². The smallest absolute Gasteiger partial charge is 0.226 e. The van der Waals surface area contributed by atoms with Crippen LogP contribution in [0.4, 0.5) is 9.52 Å². The largest absolute Gasteiger partial charge is 0.302 e. The summed E-state index contributed by atoms with van der Waals surface area (Å²) in [5.74, 6) is 0.221. The lowest BCUT2D eigenvalue weighted by atomic mass is 10.0. The van der Waals surface area contributed by atoms with Crippen molar-refractivity contribution in [1.29, 1.82) is 0 Å². The van der Waals surface area contributed by atoms with Crippen molar-refractivity contribution in [2.24, 2.45) is 5.92 Å². The van der Waals surface area contributed by atoms with Crippen LogP contribution >= 0.6 is 11.3 Å². The van der Waals surface area contributed by atoms with Crippen LogP contribution in [0, 0.1) is 11.7 Å². The van der Waals surface area contributed by atoms with Gasteiger partial charge in [0, 0.05) is 17.4 Å². The van der Waals surface area contributed by atoms with Gasteiger partial charge in [0.15, 0.2) is 5.13 Å². The lowest BCUT2D eigenvalue weighted by molar-refractivity contribution is -0.117. The molecule has 110 valence electrons. The van der Waals surface area contributed by atoms with Gasteiger partial charge in [-0.15, -0.1) is 11.3 Å². The van der Waals surface area contributed by atoms with Gasteiger partial charge in [-0.05, 0) is 30.9 Å². The number of aromatic nitrogens is 1. The number of nitrogens with zero attached hydrogens (tertiary/aromatic N) is 1. The second kappa shape index (κ2) is 6.35. The van der Waals surface area contributed by atoms with Crippen LogP contribution < -0.4 is 5.32 Å². The van der Waals surface area contributed by atoms with E-state index in [4.69, 9.17) is 0 Å². The van der Waals surface area contributed by atoms with Crippen LogP contribution in [0.25, 0.3) is 11.3 Å². The van der Waals surface area contributed by atoms with Gasteiger partial charge >= 0.3 is 0 Å². The molecule has 5 heteroatoms. The molecular formula is C16H17FN2OS. The maximum Gasteiger partial charge on any atom is 0.226 e. The number of hydrogen-bond donors (Lipinski definition) is 1. The highest BCUT2D eigenvalue weighted by atomic mass is 32.1. The number of anilines is 1. The van der Waals surface area contributed by atoms with Crippen molar-refractivity contribution >= 4 is 22.4 Å². The summed E-state index contributed by atoms with van der Waals surface area (Å²) >= 11 is 1.33. The molecule has 0 aliphatic heterocycles. The molecule has 1 heterocycles. The molecule has 0 atom stereocenters. The molecule has 0 unspecified atom stereocenters. The van der Waals surface area contributed by atoms with E-state index >= 15 is 0 Å². The van der Waals surface area contributed by atoms with Crippen molar-refractivity contribution in [2.45, 2.75) is 32.1 Å². The van der Waals surface area contributed by atoms with Gasteiger partial charge in [0.05, 0.1) is 5.69 Å². The Hall–Kier alpha value is -1.75. The number of amides is 1. The molecule has 3 rings (SSSR count). The standard InChI is InChI=1S/C16H17FN2OS/c17-13-8-4-3-7-12(13)14-10-21-16(18-14)19-15(20)9-11-5-1-2-6-11/h3-4,7-8,10-11H,1-2,5-6,9H2,(H,18,19,20). The van der Waals surface area contributed by atoms with E-state index in [0.29, 0.717) is 28.7 Å². The zero-order chi connectivity index (χ0) is 14.7. The van der Waals surface area contributed by atoms with Gasteiger partial charge < -0.3 is 5.32 Å². The summed E-state index contributed by atoms with van der Waals surface area (Å²) < 4.78 is 13.7. The molecule has 0 radical (unpaired) electrons. The van der Waals surface area contributed by atoms with Crippen molar-refractivity contribution in [3.8, 4) is 11.3 Å².